The molecular weight excluding hydrogens is 406 g/mol. The maximum atomic E-state index is 12.7. The van der Waals surface area contributed by atoms with Crippen LogP contribution in [0.15, 0.2) is 48.7 Å². The Bertz CT molecular complexity index is 1150. The normalized spacial score (nSPS) is 14.1. The number of nitriles is 1. The van der Waals surface area contributed by atoms with Crippen LogP contribution in [0.5, 0.6) is 0 Å². The molecule has 1 aliphatic heterocycles. The van der Waals surface area contributed by atoms with E-state index in [4.69, 9.17) is 5.26 Å². The number of piperazine rings is 1. The van der Waals surface area contributed by atoms with Crippen LogP contribution in [0.25, 0.3) is 5.69 Å². The molecule has 164 valence electrons. The number of anilines is 2. The van der Waals surface area contributed by atoms with Crippen molar-refractivity contribution in [2.75, 3.05) is 36.4 Å². The summed E-state index contributed by atoms with van der Waals surface area (Å²) in [5.41, 5.74) is 1.63. The molecule has 0 atom stereocenters. The van der Waals surface area contributed by atoms with E-state index in [1.165, 1.54) is 12.1 Å². The molecule has 2 aromatic heterocycles. The van der Waals surface area contributed by atoms with Gasteiger partial charge in [0.2, 0.25) is 0 Å². The van der Waals surface area contributed by atoms with E-state index >= 15 is 0 Å². The Hall–Kier alpha value is -3.74. The predicted octanol–water partition coefficient (Wildman–Crippen LogP) is 2.03. The van der Waals surface area contributed by atoms with E-state index in [1.54, 1.807) is 30.8 Å². The van der Waals surface area contributed by atoms with Crippen molar-refractivity contribution < 1.29 is 9.90 Å². The number of rotatable bonds is 5. The summed E-state index contributed by atoms with van der Waals surface area (Å²) in [5, 5.41) is 30.3. The highest BCUT2D eigenvalue weighted by Gasteiger charge is 2.26. The summed E-state index contributed by atoms with van der Waals surface area (Å²) in [6.07, 6.45) is 1.67. The minimum absolute atomic E-state index is 0.110. The largest absolute Gasteiger partial charge is 0.384 e. The number of amides is 1. The third kappa shape index (κ3) is 4.61. The van der Waals surface area contributed by atoms with Gasteiger partial charge >= 0.3 is 0 Å². The standard InChI is InChI=1S/C23H25N7O2/c1-23(2,32)21-20(27-22(31)19-5-3-4-16(14-24)26-19)15-30(28-21)18-8-6-17(7-9-18)29-12-10-25-11-13-29/h3-9,15,25,32H,10-13H2,1-2H3,(H,27,31). The molecule has 3 heterocycles. The Balaban J connectivity index is 1.61. The van der Waals surface area contributed by atoms with E-state index in [2.05, 4.69) is 25.6 Å². The molecule has 4 rings (SSSR count). The highest BCUT2D eigenvalue weighted by molar-refractivity contribution is 6.03. The highest BCUT2D eigenvalue weighted by Crippen LogP contribution is 2.28. The predicted molar refractivity (Wildman–Crippen MR) is 121 cm³/mol. The Morgan fingerprint density at radius 3 is 2.50 bits per heavy atom. The quantitative estimate of drug-likeness (QED) is 0.565. The molecule has 1 aliphatic rings. The van der Waals surface area contributed by atoms with Gasteiger partial charge in [-0.3, -0.25) is 4.79 Å². The topological polar surface area (TPSA) is 119 Å². The van der Waals surface area contributed by atoms with Crippen LogP contribution in [0, 0.1) is 11.3 Å². The number of nitrogens with one attached hydrogen (secondary N) is 2. The molecule has 0 radical (unpaired) electrons. The van der Waals surface area contributed by atoms with Crippen LogP contribution in [0.1, 0.15) is 35.7 Å². The smallest absolute Gasteiger partial charge is 0.274 e. The van der Waals surface area contributed by atoms with E-state index in [1.807, 2.05) is 30.3 Å². The van der Waals surface area contributed by atoms with Crippen LogP contribution >= 0.6 is 0 Å². The fraction of sp³-hybridized carbons (Fsp3) is 0.304. The van der Waals surface area contributed by atoms with Crippen molar-refractivity contribution in [3.05, 3.63) is 65.7 Å². The minimum atomic E-state index is -1.28. The highest BCUT2D eigenvalue weighted by atomic mass is 16.3. The lowest BCUT2D eigenvalue weighted by molar-refractivity contribution is 0.0741. The van der Waals surface area contributed by atoms with E-state index in [-0.39, 0.29) is 11.4 Å². The van der Waals surface area contributed by atoms with Gasteiger partial charge in [0.15, 0.2) is 0 Å². The van der Waals surface area contributed by atoms with Crippen LogP contribution in [0.3, 0.4) is 0 Å². The molecule has 9 heteroatoms. The molecule has 1 amide bonds. The zero-order valence-electron chi connectivity index (χ0n) is 18.0. The number of carbonyl (C=O) groups is 1. The van der Waals surface area contributed by atoms with E-state index in [0.29, 0.717) is 11.4 Å². The number of hydrogen-bond donors (Lipinski definition) is 3. The molecule has 3 N–H and O–H groups in total. The third-order valence-electron chi connectivity index (χ3n) is 5.23. The molecular formula is C23H25N7O2. The molecule has 32 heavy (non-hydrogen) atoms. The molecule has 0 aliphatic carbocycles. The number of nitrogens with zero attached hydrogens (tertiary/aromatic N) is 5. The van der Waals surface area contributed by atoms with Gasteiger partial charge in [-0.2, -0.15) is 10.4 Å². The fourth-order valence-electron chi connectivity index (χ4n) is 3.60. The molecule has 0 saturated carbocycles. The number of aromatic nitrogens is 3. The Kier molecular flexibility index (Phi) is 5.90. The van der Waals surface area contributed by atoms with Gasteiger partial charge < -0.3 is 20.6 Å². The first-order valence-corrected chi connectivity index (χ1v) is 10.4. The zero-order chi connectivity index (χ0) is 22.7. The fourth-order valence-corrected chi connectivity index (χ4v) is 3.60. The number of pyridine rings is 1. The van der Waals surface area contributed by atoms with Gasteiger partial charge in [-0.25, -0.2) is 9.67 Å². The summed E-state index contributed by atoms with van der Waals surface area (Å²) >= 11 is 0. The van der Waals surface area contributed by atoms with Gasteiger partial charge in [-0.15, -0.1) is 0 Å². The summed E-state index contributed by atoms with van der Waals surface area (Å²) in [5.74, 6) is -0.485. The molecule has 1 fully saturated rings. The average molecular weight is 432 g/mol. The van der Waals surface area contributed by atoms with Crippen molar-refractivity contribution in [1.29, 1.82) is 5.26 Å². The second-order valence-corrected chi connectivity index (χ2v) is 8.12. The maximum absolute atomic E-state index is 12.7. The van der Waals surface area contributed by atoms with Crippen LogP contribution in [-0.4, -0.2) is 52.0 Å². The lowest BCUT2D eigenvalue weighted by Gasteiger charge is -2.29. The van der Waals surface area contributed by atoms with E-state index in [9.17, 15) is 9.90 Å². The first-order chi connectivity index (χ1) is 15.3. The van der Waals surface area contributed by atoms with E-state index < -0.39 is 11.5 Å². The van der Waals surface area contributed by atoms with Crippen molar-refractivity contribution in [2.45, 2.75) is 19.4 Å². The molecule has 1 aromatic carbocycles. The molecule has 0 spiro atoms. The van der Waals surface area contributed by atoms with Gasteiger partial charge in [0.25, 0.3) is 5.91 Å². The molecule has 3 aromatic rings. The Labute approximate surface area is 186 Å². The van der Waals surface area contributed by atoms with Crippen LogP contribution in [-0.2, 0) is 5.60 Å². The van der Waals surface area contributed by atoms with Gasteiger partial charge in [0.1, 0.15) is 28.8 Å². The average Bonchev–Trinajstić information content (AvgIpc) is 3.24. The lowest BCUT2D eigenvalue weighted by Crippen LogP contribution is -2.43. The molecule has 0 bridgehead atoms. The number of carbonyl (C=O) groups excluding carboxylic acids is 1. The van der Waals surface area contributed by atoms with Crippen molar-refractivity contribution in [3.8, 4) is 11.8 Å². The summed E-state index contributed by atoms with van der Waals surface area (Å²) in [6.45, 7) is 7.06. The molecule has 0 unspecified atom stereocenters. The third-order valence-corrected chi connectivity index (χ3v) is 5.23. The van der Waals surface area contributed by atoms with Gasteiger partial charge in [0.05, 0.1) is 17.6 Å². The number of hydrogen-bond acceptors (Lipinski definition) is 7. The van der Waals surface area contributed by atoms with Crippen LogP contribution < -0.4 is 15.5 Å². The maximum Gasteiger partial charge on any atom is 0.274 e. The first-order valence-electron chi connectivity index (χ1n) is 10.4. The van der Waals surface area contributed by atoms with Crippen LogP contribution in [0.2, 0.25) is 0 Å². The zero-order valence-corrected chi connectivity index (χ0v) is 18.0. The number of aliphatic hydroxyl groups is 1. The Morgan fingerprint density at radius 2 is 1.84 bits per heavy atom. The second-order valence-electron chi connectivity index (χ2n) is 8.12. The van der Waals surface area contributed by atoms with Gasteiger partial charge in [-0.1, -0.05) is 6.07 Å². The SMILES string of the molecule is CC(C)(O)c1nn(-c2ccc(N3CCNCC3)cc2)cc1NC(=O)c1cccc(C#N)n1. The summed E-state index contributed by atoms with van der Waals surface area (Å²) in [6, 6.07) is 14.6. The summed E-state index contributed by atoms with van der Waals surface area (Å²) < 4.78 is 1.63. The second kappa shape index (κ2) is 8.78. The van der Waals surface area contributed by atoms with Crippen molar-refractivity contribution >= 4 is 17.3 Å². The van der Waals surface area contributed by atoms with Gasteiger partial charge in [0, 0.05) is 31.9 Å². The van der Waals surface area contributed by atoms with Crippen LogP contribution in [0.4, 0.5) is 11.4 Å². The van der Waals surface area contributed by atoms with Crippen molar-refractivity contribution in [1.82, 2.24) is 20.1 Å². The molecule has 9 nitrogen and oxygen atoms in total. The lowest BCUT2D eigenvalue weighted by atomic mass is 10.0. The number of benzene rings is 1. The summed E-state index contributed by atoms with van der Waals surface area (Å²) in [4.78, 5) is 19.1. The van der Waals surface area contributed by atoms with Crippen molar-refractivity contribution in [3.63, 3.8) is 0 Å². The van der Waals surface area contributed by atoms with E-state index in [0.717, 1.165) is 37.6 Å². The molecule has 1 saturated heterocycles. The minimum Gasteiger partial charge on any atom is -0.384 e. The summed E-state index contributed by atoms with van der Waals surface area (Å²) in [7, 11) is 0. The van der Waals surface area contributed by atoms with Crippen molar-refractivity contribution in [2.24, 2.45) is 0 Å². The van der Waals surface area contributed by atoms with Gasteiger partial charge in [-0.05, 0) is 50.2 Å². The Morgan fingerprint density at radius 1 is 1.16 bits per heavy atom. The first kappa shape index (κ1) is 21.5. The monoisotopic (exact) mass is 431 g/mol.